The fourth-order valence-corrected chi connectivity index (χ4v) is 2.05. The van der Waals surface area contributed by atoms with Gasteiger partial charge in [-0.05, 0) is 12.1 Å². The molecule has 16 heavy (non-hydrogen) atoms. The van der Waals surface area contributed by atoms with Gasteiger partial charge in [0.15, 0.2) is 0 Å². The molecule has 0 unspecified atom stereocenters. The SMILES string of the molecule is O=C1N[C@@H](c2c(F)ccc(Cl)c2Cl)CCO1. The Balaban J connectivity index is 2.39. The molecule has 1 fully saturated rings. The molecule has 0 saturated carbocycles. The van der Waals surface area contributed by atoms with Crippen molar-refractivity contribution >= 4 is 29.3 Å². The van der Waals surface area contributed by atoms with Crippen molar-refractivity contribution in [2.45, 2.75) is 12.5 Å². The van der Waals surface area contributed by atoms with Crippen molar-refractivity contribution in [3.63, 3.8) is 0 Å². The van der Waals surface area contributed by atoms with Gasteiger partial charge in [-0.15, -0.1) is 0 Å². The minimum absolute atomic E-state index is 0.133. The number of carbonyl (C=O) groups is 1. The number of halogens is 3. The summed E-state index contributed by atoms with van der Waals surface area (Å²) in [5, 5.41) is 2.89. The summed E-state index contributed by atoms with van der Waals surface area (Å²) in [5.74, 6) is -0.485. The number of hydrogen-bond acceptors (Lipinski definition) is 2. The standard InChI is InChI=1S/C10H8Cl2FNO2/c11-5-1-2-6(13)8(9(5)12)7-3-4-16-10(15)14-7/h1-2,7H,3-4H2,(H,14,15)/t7-/m1/s1. The van der Waals surface area contributed by atoms with E-state index in [9.17, 15) is 9.18 Å². The maximum atomic E-state index is 13.6. The first-order valence-corrected chi connectivity index (χ1v) is 5.42. The Labute approximate surface area is 101 Å². The summed E-state index contributed by atoms with van der Waals surface area (Å²) < 4.78 is 18.3. The largest absolute Gasteiger partial charge is 0.449 e. The number of rotatable bonds is 1. The summed E-state index contributed by atoms with van der Waals surface area (Å²) in [6.45, 7) is 0.235. The zero-order chi connectivity index (χ0) is 11.7. The van der Waals surface area contributed by atoms with E-state index in [-0.39, 0.29) is 22.2 Å². The summed E-state index contributed by atoms with van der Waals surface area (Å²) in [7, 11) is 0. The maximum Gasteiger partial charge on any atom is 0.407 e. The van der Waals surface area contributed by atoms with Crippen LogP contribution in [0.1, 0.15) is 18.0 Å². The smallest absolute Gasteiger partial charge is 0.407 e. The van der Waals surface area contributed by atoms with Crippen LogP contribution in [0.25, 0.3) is 0 Å². The van der Waals surface area contributed by atoms with Crippen LogP contribution in [0.2, 0.25) is 10.0 Å². The average Bonchev–Trinajstić information content (AvgIpc) is 2.24. The molecule has 1 aromatic rings. The Kier molecular flexibility index (Phi) is 3.21. The molecular formula is C10H8Cl2FNO2. The lowest BCUT2D eigenvalue weighted by molar-refractivity contribution is 0.115. The second-order valence-corrected chi connectivity index (χ2v) is 4.16. The quantitative estimate of drug-likeness (QED) is 0.790. The van der Waals surface area contributed by atoms with Crippen LogP contribution in [0.15, 0.2) is 12.1 Å². The molecule has 1 N–H and O–H groups in total. The van der Waals surface area contributed by atoms with E-state index < -0.39 is 18.0 Å². The summed E-state index contributed by atoms with van der Waals surface area (Å²) in [6.07, 6.45) is -0.116. The number of hydrogen-bond donors (Lipinski definition) is 1. The molecule has 1 aliphatic rings. The number of nitrogens with one attached hydrogen (secondary N) is 1. The van der Waals surface area contributed by atoms with E-state index in [0.717, 1.165) is 0 Å². The molecule has 0 spiro atoms. The molecule has 0 aliphatic carbocycles. The molecule has 86 valence electrons. The predicted octanol–water partition coefficient (Wildman–Crippen LogP) is 3.30. The van der Waals surface area contributed by atoms with E-state index >= 15 is 0 Å². The summed E-state index contributed by atoms with van der Waals surface area (Å²) in [4.78, 5) is 11.0. The van der Waals surface area contributed by atoms with Crippen molar-refractivity contribution in [2.75, 3.05) is 6.61 Å². The molecule has 0 radical (unpaired) electrons. The molecule has 1 amide bonds. The summed E-state index contributed by atoms with van der Waals surface area (Å²) >= 11 is 11.7. The maximum absolute atomic E-state index is 13.6. The number of alkyl carbamates (subject to hydrolysis) is 1. The fourth-order valence-electron chi connectivity index (χ4n) is 1.60. The third-order valence-electron chi connectivity index (χ3n) is 2.36. The fraction of sp³-hybridized carbons (Fsp3) is 0.300. The van der Waals surface area contributed by atoms with Crippen LogP contribution in [0.3, 0.4) is 0 Å². The van der Waals surface area contributed by atoms with Crippen LogP contribution in [-0.2, 0) is 4.74 Å². The molecule has 1 aromatic carbocycles. The highest BCUT2D eigenvalue weighted by Crippen LogP contribution is 2.34. The highest BCUT2D eigenvalue weighted by Gasteiger charge is 2.26. The minimum Gasteiger partial charge on any atom is -0.449 e. The monoisotopic (exact) mass is 263 g/mol. The van der Waals surface area contributed by atoms with Crippen LogP contribution in [0, 0.1) is 5.82 Å². The number of carbonyl (C=O) groups excluding carboxylic acids is 1. The zero-order valence-electron chi connectivity index (χ0n) is 8.10. The van der Waals surface area contributed by atoms with Crippen LogP contribution in [0.5, 0.6) is 0 Å². The third kappa shape index (κ3) is 2.08. The van der Waals surface area contributed by atoms with Crippen LogP contribution in [-0.4, -0.2) is 12.7 Å². The van der Waals surface area contributed by atoms with Gasteiger partial charge >= 0.3 is 6.09 Å². The van der Waals surface area contributed by atoms with E-state index in [4.69, 9.17) is 27.9 Å². The van der Waals surface area contributed by atoms with Crippen LogP contribution >= 0.6 is 23.2 Å². The molecule has 0 aromatic heterocycles. The van der Waals surface area contributed by atoms with Crippen molar-refractivity contribution in [3.8, 4) is 0 Å². The first-order valence-electron chi connectivity index (χ1n) is 4.66. The third-order valence-corrected chi connectivity index (χ3v) is 3.18. The molecule has 1 aliphatic heterocycles. The van der Waals surface area contributed by atoms with Gasteiger partial charge < -0.3 is 10.1 Å². The first-order chi connectivity index (χ1) is 7.59. The lowest BCUT2D eigenvalue weighted by Gasteiger charge is -2.25. The molecular weight excluding hydrogens is 256 g/mol. The molecule has 1 heterocycles. The highest BCUT2D eigenvalue weighted by molar-refractivity contribution is 6.42. The lowest BCUT2D eigenvalue weighted by atomic mass is 10.0. The highest BCUT2D eigenvalue weighted by atomic mass is 35.5. The van der Waals surface area contributed by atoms with Gasteiger partial charge in [-0.1, -0.05) is 23.2 Å². The van der Waals surface area contributed by atoms with Gasteiger partial charge in [-0.2, -0.15) is 0 Å². The van der Waals surface area contributed by atoms with E-state index in [1.54, 1.807) is 0 Å². The number of benzene rings is 1. The van der Waals surface area contributed by atoms with E-state index in [0.29, 0.717) is 6.42 Å². The second kappa shape index (κ2) is 4.47. The van der Waals surface area contributed by atoms with Crippen molar-refractivity contribution in [1.29, 1.82) is 0 Å². The Bertz CT molecular complexity index is 439. The Morgan fingerprint density at radius 1 is 1.44 bits per heavy atom. The van der Waals surface area contributed by atoms with Gasteiger partial charge in [-0.25, -0.2) is 9.18 Å². The molecule has 1 saturated heterocycles. The Hall–Kier alpha value is -1.000. The molecule has 2 rings (SSSR count). The van der Waals surface area contributed by atoms with Gasteiger partial charge in [0.25, 0.3) is 0 Å². The molecule has 1 atom stereocenters. The lowest BCUT2D eigenvalue weighted by Crippen LogP contribution is -2.35. The molecule has 0 bridgehead atoms. The normalized spacial score (nSPS) is 20.2. The Morgan fingerprint density at radius 2 is 2.19 bits per heavy atom. The minimum atomic E-state index is -0.577. The average molecular weight is 264 g/mol. The van der Waals surface area contributed by atoms with Crippen LogP contribution < -0.4 is 5.32 Å². The van der Waals surface area contributed by atoms with Gasteiger partial charge in [-0.3, -0.25) is 0 Å². The van der Waals surface area contributed by atoms with Crippen molar-refractivity contribution in [1.82, 2.24) is 5.32 Å². The first kappa shape index (κ1) is 11.5. The molecule has 6 heteroatoms. The van der Waals surface area contributed by atoms with Crippen molar-refractivity contribution in [3.05, 3.63) is 33.6 Å². The van der Waals surface area contributed by atoms with E-state index in [1.807, 2.05) is 0 Å². The molecule has 3 nitrogen and oxygen atoms in total. The van der Waals surface area contributed by atoms with Gasteiger partial charge in [0.2, 0.25) is 0 Å². The summed E-state index contributed by atoms with van der Waals surface area (Å²) in [5.41, 5.74) is 0.214. The summed E-state index contributed by atoms with van der Waals surface area (Å²) in [6, 6.07) is 2.11. The number of cyclic esters (lactones) is 1. The van der Waals surface area contributed by atoms with Gasteiger partial charge in [0, 0.05) is 12.0 Å². The second-order valence-electron chi connectivity index (χ2n) is 3.38. The van der Waals surface area contributed by atoms with Crippen molar-refractivity contribution < 1.29 is 13.9 Å². The van der Waals surface area contributed by atoms with Crippen LogP contribution in [0.4, 0.5) is 9.18 Å². The number of ether oxygens (including phenoxy) is 1. The van der Waals surface area contributed by atoms with Crippen molar-refractivity contribution in [2.24, 2.45) is 0 Å². The van der Waals surface area contributed by atoms with Gasteiger partial charge in [0.05, 0.1) is 22.7 Å². The van der Waals surface area contributed by atoms with Gasteiger partial charge in [0.1, 0.15) is 5.82 Å². The van der Waals surface area contributed by atoms with E-state index in [2.05, 4.69) is 5.32 Å². The van der Waals surface area contributed by atoms with E-state index in [1.165, 1.54) is 12.1 Å². The topological polar surface area (TPSA) is 38.3 Å². The zero-order valence-corrected chi connectivity index (χ0v) is 9.61. The predicted molar refractivity (Wildman–Crippen MR) is 58.3 cm³/mol. The number of amides is 1. The Morgan fingerprint density at radius 3 is 2.88 bits per heavy atom.